The number of anilines is 1. The summed E-state index contributed by atoms with van der Waals surface area (Å²) in [6.45, 7) is -3.12. The summed E-state index contributed by atoms with van der Waals surface area (Å²) in [6, 6.07) is 11.5. The molecule has 0 aliphatic heterocycles. The van der Waals surface area contributed by atoms with Crippen LogP contribution in [0.1, 0.15) is 6.42 Å². The highest BCUT2D eigenvalue weighted by molar-refractivity contribution is 7.89. The first-order valence-corrected chi connectivity index (χ1v) is 9.23. The molecule has 0 heterocycles. The molecule has 0 spiro atoms. The molecule has 2 aromatic carbocycles. The Labute approximate surface area is 154 Å². The van der Waals surface area contributed by atoms with Crippen molar-refractivity contribution in [2.75, 3.05) is 11.9 Å². The minimum atomic E-state index is -3.69. The smallest absolute Gasteiger partial charge is 0.387 e. The van der Waals surface area contributed by atoms with Gasteiger partial charge in [-0.15, -0.1) is 0 Å². The zero-order valence-electron chi connectivity index (χ0n) is 13.3. The van der Waals surface area contributed by atoms with E-state index in [1.165, 1.54) is 30.3 Å². The minimum Gasteiger partial charge on any atom is -0.433 e. The predicted molar refractivity (Wildman–Crippen MR) is 93.0 cm³/mol. The van der Waals surface area contributed by atoms with Gasteiger partial charge in [0.15, 0.2) is 0 Å². The van der Waals surface area contributed by atoms with Crippen molar-refractivity contribution in [3.8, 4) is 5.75 Å². The molecule has 0 radical (unpaired) electrons. The van der Waals surface area contributed by atoms with E-state index < -0.39 is 22.5 Å². The third-order valence-corrected chi connectivity index (χ3v) is 4.90. The van der Waals surface area contributed by atoms with Gasteiger partial charge in [-0.1, -0.05) is 29.8 Å². The summed E-state index contributed by atoms with van der Waals surface area (Å²) in [7, 11) is -3.69. The number of hydrogen-bond donors (Lipinski definition) is 2. The molecular weight excluding hydrogens is 390 g/mol. The third kappa shape index (κ3) is 5.94. The molecule has 26 heavy (non-hydrogen) atoms. The summed E-state index contributed by atoms with van der Waals surface area (Å²) in [5.41, 5.74) is 0.271. The number of benzene rings is 2. The Balaban J connectivity index is 1.86. The van der Waals surface area contributed by atoms with Gasteiger partial charge in [0.05, 0.1) is 9.92 Å². The maximum atomic E-state index is 12.2. The molecule has 10 heteroatoms. The lowest BCUT2D eigenvalue weighted by Crippen LogP contribution is -2.27. The van der Waals surface area contributed by atoms with E-state index in [4.69, 9.17) is 11.6 Å². The number of amides is 1. The van der Waals surface area contributed by atoms with Crippen LogP contribution in [0.2, 0.25) is 5.02 Å². The maximum Gasteiger partial charge on any atom is 0.387 e. The second kappa shape index (κ2) is 8.93. The Hall–Kier alpha value is -2.23. The van der Waals surface area contributed by atoms with Crippen molar-refractivity contribution >= 4 is 33.2 Å². The summed E-state index contributed by atoms with van der Waals surface area (Å²) < 4.78 is 54.8. The van der Waals surface area contributed by atoms with Crippen LogP contribution in [0.25, 0.3) is 0 Å². The summed E-state index contributed by atoms with van der Waals surface area (Å²) in [6.07, 6.45) is -0.126. The Morgan fingerprint density at radius 1 is 1.15 bits per heavy atom. The fraction of sp³-hybridized carbons (Fsp3) is 0.188. The van der Waals surface area contributed by atoms with Crippen LogP contribution in [0.15, 0.2) is 53.4 Å². The topological polar surface area (TPSA) is 84.5 Å². The molecule has 0 saturated carbocycles. The SMILES string of the molecule is O=C(CCNS(=O)(=O)c1ccccc1)Nc1ccc(OC(F)F)c(Cl)c1. The lowest BCUT2D eigenvalue weighted by molar-refractivity contribution is -0.116. The van der Waals surface area contributed by atoms with Crippen LogP contribution in [0.3, 0.4) is 0 Å². The molecule has 0 fully saturated rings. The molecule has 0 aliphatic rings. The number of carbonyl (C=O) groups is 1. The quantitative estimate of drug-likeness (QED) is 0.707. The van der Waals surface area contributed by atoms with Gasteiger partial charge >= 0.3 is 6.61 Å². The molecular formula is C16H15ClF2N2O4S. The summed E-state index contributed by atoms with van der Waals surface area (Å²) in [4.78, 5) is 12.0. The zero-order valence-corrected chi connectivity index (χ0v) is 14.9. The van der Waals surface area contributed by atoms with Crippen molar-refractivity contribution in [2.24, 2.45) is 0 Å². The van der Waals surface area contributed by atoms with Crippen LogP contribution < -0.4 is 14.8 Å². The van der Waals surface area contributed by atoms with E-state index in [2.05, 4.69) is 14.8 Å². The van der Waals surface area contributed by atoms with Gasteiger partial charge in [0.2, 0.25) is 15.9 Å². The van der Waals surface area contributed by atoms with Crippen molar-refractivity contribution < 1.29 is 26.7 Å². The fourth-order valence-electron chi connectivity index (χ4n) is 1.98. The average molecular weight is 405 g/mol. The van der Waals surface area contributed by atoms with Gasteiger partial charge in [0.1, 0.15) is 5.75 Å². The lowest BCUT2D eigenvalue weighted by Gasteiger charge is -2.10. The largest absolute Gasteiger partial charge is 0.433 e. The Kier molecular flexibility index (Phi) is 6.90. The van der Waals surface area contributed by atoms with Crippen LogP contribution in [0.4, 0.5) is 14.5 Å². The van der Waals surface area contributed by atoms with E-state index in [9.17, 15) is 22.0 Å². The third-order valence-electron chi connectivity index (χ3n) is 3.13. The molecule has 2 N–H and O–H groups in total. The molecule has 0 unspecified atom stereocenters. The number of hydrogen-bond acceptors (Lipinski definition) is 4. The summed E-state index contributed by atoms with van der Waals surface area (Å²) in [5.74, 6) is -0.686. The number of rotatable bonds is 8. The minimum absolute atomic E-state index is 0.0899. The standard InChI is InChI=1S/C16H15ClF2N2O4S/c17-13-10-11(6-7-14(13)25-16(18)19)21-15(22)8-9-20-26(23,24)12-4-2-1-3-5-12/h1-7,10,16,20H,8-9H2,(H,21,22). The molecule has 0 bridgehead atoms. The normalized spacial score (nSPS) is 11.4. The van der Waals surface area contributed by atoms with Crippen molar-refractivity contribution in [3.63, 3.8) is 0 Å². The van der Waals surface area contributed by atoms with Crippen LogP contribution in [0.5, 0.6) is 5.75 Å². The van der Waals surface area contributed by atoms with E-state index in [1.54, 1.807) is 18.2 Å². The van der Waals surface area contributed by atoms with Gasteiger partial charge in [-0.2, -0.15) is 8.78 Å². The summed E-state index contributed by atoms with van der Waals surface area (Å²) in [5, 5.41) is 2.40. The first-order chi connectivity index (χ1) is 12.3. The average Bonchev–Trinajstić information content (AvgIpc) is 2.57. The fourth-order valence-corrected chi connectivity index (χ4v) is 3.25. The number of carbonyl (C=O) groups excluding carboxylic acids is 1. The number of ether oxygens (including phenoxy) is 1. The highest BCUT2D eigenvalue weighted by Gasteiger charge is 2.14. The number of nitrogens with one attached hydrogen (secondary N) is 2. The molecule has 0 aromatic heterocycles. The molecule has 6 nitrogen and oxygen atoms in total. The zero-order chi connectivity index (χ0) is 19.2. The van der Waals surface area contributed by atoms with E-state index in [0.717, 1.165) is 0 Å². The van der Waals surface area contributed by atoms with E-state index in [-0.39, 0.29) is 34.3 Å². The number of alkyl halides is 2. The van der Waals surface area contributed by atoms with Gasteiger partial charge in [-0.25, -0.2) is 13.1 Å². The maximum absolute atomic E-state index is 12.2. The van der Waals surface area contributed by atoms with E-state index in [1.807, 2.05) is 0 Å². The highest BCUT2D eigenvalue weighted by atomic mass is 35.5. The van der Waals surface area contributed by atoms with Gasteiger partial charge < -0.3 is 10.1 Å². The van der Waals surface area contributed by atoms with Crippen molar-refractivity contribution in [3.05, 3.63) is 53.6 Å². The Bertz CT molecular complexity index is 864. The van der Waals surface area contributed by atoms with Crippen molar-refractivity contribution in [1.82, 2.24) is 4.72 Å². The van der Waals surface area contributed by atoms with Crippen molar-refractivity contribution in [2.45, 2.75) is 17.9 Å². The molecule has 140 valence electrons. The van der Waals surface area contributed by atoms with Gasteiger partial charge in [0, 0.05) is 18.7 Å². The first-order valence-electron chi connectivity index (χ1n) is 7.37. The predicted octanol–water partition coefficient (Wildman–Crippen LogP) is 3.25. The monoisotopic (exact) mass is 404 g/mol. The highest BCUT2D eigenvalue weighted by Crippen LogP contribution is 2.28. The molecule has 2 rings (SSSR count). The van der Waals surface area contributed by atoms with Crippen LogP contribution in [-0.4, -0.2) is 27.5 Å². The molecule has 0 aliphatic carbocycles. The molecule has 2 aromatic rings. The number of sulfonamides is 1. The van der Waals surface area contributed by atoms with Crippen LogP contribution >= 0.6 is 11.6 Å². The van der Waals surface area contributed by atoms with E-state index >= 15 is 0 Å². The van der Waals surface area contributed by atoms with Crippen LogP contribution in [0, 0.1) is 0 Å². The van der Waals surface area contributed by atoms with E-state index in [0.29, 0.717) is 0 Å². The summed E-state index contributed by atoms with van der Waals surface area (Å²) >= 11 is 5.79. The Morgan fingerprint density at radius 2 is 1.85 bits per heavy atom. The van der Waals surface area contributed by atoms with Gasteiger partial charge in [-0.05, 0) is 30.3 Å². The Morgan fingerprint density at radius 3 is 2.46 bits per heavy atom. The number of halogens is 3. The van der Waals surface area contributed by atoms with Gasteiger partial charge in [0.25, 0.3) is 0 Å². The lowest BCUT2D eigenvalue weighted by atomic mass is 10.3. The van der Waals surface area contributed by atoms with Crippen LogP contribution in [-0.2, 0) is 14.8 Å². The second-order valence-electron chi connectivity index (χ2n) is 5.03. The van der Waals surface area contributed by atoms with Gasteiger partial charge in [-0.3, -0.25) is 4.79 Å². The second-order valence-corrected chi connectivity index (χ2v) is 7.21. The first kappa shape index (κ1) is 20.1. The molecule has 0 atom stereocenters. The molecule has 0 saturated heterocycles. The van der Waals surface area contributed by atoms with Crippen molar-refractivity contribution in [1.29, 1.82) is 0 Å². The molecule has 1 amide bonds.